The molecule has 0 aliphatic rings. The normalized spacial score (nSPS) is 13.1. The maximum absolute atomic E-state index is 13.2. The van der Waals surface area contributed by atoms with Gasteiger partial charge in [0.15, 0.2) is 0 Å². The Labute approximate surface area is 116 Å². The first kappa shape index (κ1) is 16.7. The fraction of sp³-hybridized carbons (Fsp3) is 0.467. The van der Waals surface area contributed by atoms with Crippen LogP contribution in [0, 0.1) is 11.7 Å². The van der Waals surface area contributed by atoms with Crippen molar-refractivity contribution in [3.63, 3.8) is 0 Å². The first-order valence-electron chi connectivity index (χ1n) is 6.44. The minimum atomic E-state index is -4.53. The molecule has 0 amide bonds. The number of alkyl halides is 3. The van der Waals surface area contributed by atoms with Crippen LogP contribution in [0.1, 0.15) is 31.9 Å². The summed E-state index contributed by atoms with van der Waals surface area (Å²) in [6, 6.07) is 2.56. The van der Waals surface area contributed by atoms with Crippen LogP contribution >= 0.6 is 0 Å². The molecule has 1 nitrogen and oxygen atoms in total. The van der Waals surface area contributed by atoms with Crippen LogP contribution in [-0.2, 0) is 6.18 Å². The van der Waals surface area contributed by atoms with E-state index in [9.17, 15) is 17.6 Å². The number of hydrogen-bond donors (Lipinski definition) is 1. The molecule has 1 aromatic carbocycles. The van der Waals surface area contributed by atoms with Crippen molar-refractivity contribution in [2.45, 2.75) is 26.9 Å². The molecule has 1 N–H and O–H groups in total. The van der Waals surface area contributed by atoms with Crippen molar-refractivity contribution in [2.24, 2.45) is 5.92 Å². The highest BCUT2D eigenvalue weighted by Gasteiger charge is 2.31. The van der Waals surface area contributed by atoms with Gasteiger partial charge in [-0.05, 0) is 43.1 Å². The maximum Gasteiger partial charge on any atom is 0.416 e. The third kappa shape index (κ3) is 5.74. The minimum Gasteiger partial charge on any atom is -0.313 e. The number of nitrogens with one attached hydrogen (secondary N) is 1. The van der Waals surface area contributed by atoms with Gasteiger partial charge >= 0.3 is 6.18 Å². The fourth-order valence-electron chi connectivity index (χ4n) is 1.75. The van der Waals surface area contributed by atoms with Gasteiger partial charge in [-0.25, -0.2) is 4.39 Å². The Balaban J connectivity index is 2.83. The van der Waals surface area contributed by atoms with Crippen molar-refractivity contribution >= 4 is 6.08 Å². The van der Waals surface area contributed by atoms with Gasteiger partial charge in [-0.15, -0.1) is 0 Å². The van der Waals surface area contributed by atoms with Crippen LogP contribution in [0.15, 0.2) is 23.8 Å². The molecule has 0 bridgehead atoms. The average molecular weight is 289 g/mol. The second-order valence-electron chi connectivity index (χ2n) is 5.29. The molecule has 0 unspecified atom stereocenters. The zero-order chi connectivity index (χ0) is 15.3. The first-order valence-corrected chi connectivity index (χ1v) is 6.44. The molecule has 0 spiro atoms. The smallest absolute Gasteiger partial charge is 0.313 e. The molecule has 0 aliphatic carbocycles. The lowest BCUT2D eigenvalue weighted by atomic mass is 10.1. The van der Waals surface area contributed by atoms with Gasteiger partial charge in [0.2, 0.25) is 0 Å². The van der Waals surface area contributed by atoms with E-state index in [2.05, 4.69) is 19.2 Å². The molecule has 1 rings (SSSR count). The molecule has 0 aliphatic heterocycles. The monoisotopic (exact) mass is 289 g/mol. The molecular weight excluding hydrogens is 270 g/mol. The lowest BCUT2D eigenvalue weighted by Gasteiger charge is -2.09. The second-order valence-corrected chi connectivity index (χ2v) is 5.29. The Kier molecular flexibility index (Phi) is 5.74. The molecule has 20 heavy (non-hydrogen) atoms. The minimum absolute atomic E-state index is 0.223. The summed E-state index contributed by atoms with van der Waals surface area (Å²) in [5.41, 5.74) is 0.109. The standard InChI is InChI=1S/C15H19F4N/c1-10(2)8-20-9-11(3)4-12-5-13(15(17,18)19)7-14(16)6-12/h4-7,10,20H,8-9H2,1-3H3/b11-4+. The van der Waals surface area contributed by atoms with Crippen molar-refractivity contribution in [2.75, 3.05) is 13.1 Å². The predicted molar refractivity (Wildman–Crippen MR) is 72.8 cm³/mol. The van der Waals surface area contributed by atoms with Gasteiger partial charge in [-0.1, -0.05) is 25.5 Å². The van der Waals surface area contributed by atoms with Gasteiger partial charge in [-0.3, -0.25) is 0 Å². The van der Waals surface area contributed by atoms with Crippen LogP contribution in [0.25, 0.3) is 6.08 Å². The first-order chi connectivity index (χ1) is 9.18. The van der Waals surface area contributed by atoms with E-state index in [1.807, 2.05) is 0 Å². The molecule has 5 heteroatoms. The van der Waals surface area contributed by atoms with Gasteiger partial charge < -0.3 is 5.32 Å². The Morgan fingerprint density at radius 1 is 1.25 bits per heavy atom. The van der Waals surface area contributed by atoms with E-state index in [1.165, 1.54) is 0 Å². The summed E-state index contributed by atoms with van der Waals surface area (Å²) >= 11 is 0. The maximum atomic E-state index is 13.2. The van der Waals surface area contributed by atoms with Gasteiger partial charge in [0.1, 0.15) is 5.82 Å². The second kappa shape index (κ2) is 6.88. The average Bonchev–Trinajstić information content (AvgIpc) is 2.26. The lowest BCUT2D eigenvalue weighted by Crippen LogP contribution is -2.21. The SMILES string of the molecule is C/C(=C\c1cc(F)cc(C(F)(F)F)c1)CNCC(C)C. The zero-order valence-electron chi connectivity index (χ0n) is 11.8. The quantitative estimate of drug-likeness (QED) is 0.787. The van der Waals surface area contributed by atoms with Crippen LogP contribution in [0.3, 0.4) is 0 Å². The third-order valence-electron chi connectivity index (χ3n) is 2.62. The van der Waals surface area contributed by atoms with E-state index in [0.29, 0.717) is 18.5 Å². The number of rotatable bonds is 5. The highest BCUT2D eigenvalue weighted by molar-refractivity contribution is 5.54. The summed E-state index contributed by atoms with van der Waals surface area (Å²) in [5, 5.41) is 3.18. The van der Waals surface area contributed by atoms with Gasteiger partial charge in [0, 0.05) is 6.54 Å². The summed E-state index contributed by atoms with van der Waals surface area (Å²) in [5.74, 6) is -0.386. The van der Waals surface area contributed by atoms with E-state index in [1.54, 1.807) is 13.0 Å². The highest BCUT2D eigenvalue weighted by Crippen LogP contribution is 2.30. The summed E-state index contributed by atoms with van der Waals surface area (Å²) in [4.78, 5) is 0. The molecule has 112 valence electrons. The van der Waals surface area contributed by atoms with Crippen molar-refractivity contribution in [3.05, 3.63) is 40.7 Å². The molecule has 0 saturated heterocycles. The van der Waals surface area contributed by atoms with Crippen molar-refractivity contribution < 1.29 is 17.6 Å². The summed E-state index contributed by atoms with van der Waals surface area (Å²) in [6.07, 6.45) is -2.97. The van der Waals surface area contributed by atoms with Crippen molar-refractivity contribution in [1.29, 1.82) is 0 Å². The van der Waals surface area contributed by atoms with Crippen LogP contribution in [-0.4, -0.2) is 13.1 Å². The topological polar surface area (TPSA) is 12.0 Å². The third-order valence-corrected chi connectivity index (χ3v) is 2.62. The van der Waals surface area contributed by atoms with E-state index in [0.717, 1.165) is 24.3 Å². The number of halogens is 4. The van der Waals surface area contributed by atoms with Crippen LogP contribution in [0.5, 0.6) is 0 Å². The zero-order valence-corrected chi connectivity index (χ0v) is 11.8. The molecule has 1 aromatic rings. The Hall–Kier alpha value is -1.36. The molecule has 0 radical (unpaired) electrons. The summed E-state index contributed by atoms with van der Waals surface area (Å²) in [7, 11) is 0. The van der Waals surface area contributed by atoms with Crippen LogP contribution in [0.2, 0.25) is 0 Å². The van der Waals surface area contributed by atoms with E-state index >= 15 is 0 Å². The summed E-state index contributed by atoms with van der Waals surface area (Å²) in [6.45, 7) is 7.31. The van der Waals surface area contributed by atoms with Crippen LogP contribution in [0.4, 0.5) is 17.6 Å². The predicted octanol–water partition coefficient (Wildman–Crippen LogP) is 4.49. The Morgan fingerprint density at radius 2 is 1.90 bits per heavy atom. The number of benzene rings is 1. The van der Waals surface area contributed by atoms with Crippen molar-refractivity contribution in [3.8, 4) is 0 Å². The molecular formula is C15H19F4N. The Bertz CT molecular complexity index is 475. The lowest BCUT2D eigenvalue weighted by molar-refractivity contribution is -0.137. The van der Waals surface area contributed by atoms with Crippen LogP contribution < -0.4 is 5.32 Å². The summed E-state index contributed by atoms with van der Waals surface area (Å²) < 4.78 is 51.0. The largest absolute Gasteiger partial charge is 0.416 e. The van der Waals surface area contributed by atoms with Gasteiger partial charge in [-0.2, -0.15) is 13.2 Å². The van der Waals surface area contributed by atoms with E-state index in [-0.39, 0.29) is 5.56 Å². The highest BCUT2D eigenvalue weighted by atomic mass is 19.4. The Morgan fingerprint density at radius 3 is 2.45 bits per heavy atom. The van der Waals surface area contributed by atoms with E-state index < -0.39 is 17.6 Å². The number of hydrogen-bond acceptors (Lipinski definition) is 1. The molecule has 0 fully saturated rings. The molecule has 0 atom stereocenters. The van der Waals surface area contributed by atoms with E-state index in [4.69, 9.17) is 0 Å². The fourth-order valence-corrected chi connectivity index (χ4v) is 1.75. The van der Waals surface area contributed by atoms with Gasteiger partial charge in [0.05, 0.1) is 5.56 Å². The van der Waals surface area contributed by atoms with Crippen molar-refractivity contribution in [1.82, 2.24) is 5.32 Å². The molecule has 0 saturated carbocycles. The molecule has 0 heterocycles. The van der Waals surface area contributed by atoms with Gasteiger partial charge in [0.25, 0.3) is 0 Å². The molecule has 0 aromatic heterocycles.